The van der Waals surface area contributed by atoms with E-state index in [1.807, 2.05) is 37.3 Å². The van der Waals surface area contributed by atoms with Crippen molar-refractivity contribution >= 4 is 49.0 Å². The number of nitrogens with one attached hydrogen (secondary N) is 1. The molecule has 0 aliphatic carbocycles. The summed E-state index contributed by atoms with van der Waals surface area (Å²) in [5.74, 6) is 0.0247. The van der Waals surface area contributed by atoms with E-state index in [1.165, 1.54) is 13.0 Å². The zero-order chi connectivity index (χ0) is 24.3. The van der Waals surface area contributed by atoms with Crippen LogP contribution in [0.3, 0.4) is 0 Å². The molecule has 2 aromatic rings. The van der Waals surface area contributed by atoms with E-state index in [9.17, 15) is 13.2 Å². The lowest BCUT2D eigenvalue weighted by atomic mass is 10.1. The Bertz CT molecular complexity index is 1330. The van der Waals surface area contributed by atoms with Crippen molar-refractivity contribution in [2.24, 2.45) is 10.1 Å². The molecule has 0 unspecified atom stereocenters. The molecule has 2 aromatic carbocycles. The Morgan fingerprint density at radius 2 is 1.85 bits per heavy atom. The Kier molecular flexibility index (Phi) is 6.85. The molecule has 11 heteroatoms. The first-order valence-electron chi connectivity index (χ1n) is 10.5. The van der Waals surface area contributed by atoms with E-state index in [4.69, 9.17) is 14.9 Å². The van der Waals surface area contributed by atoms with Crippen LogP contribution < -0.4 is 9.47 Å². The van der Waals surface area contributed by atoms with Gasteiger partial charge in [0.1, 0.15) is 6.61 Å². The van der Waals surface area contributed by atoms with Gasteiger partial charge in [-0.2, -0.15) is 10.0 Å². The van der Waals surface area contributed by atoms with Crippen LogP contribution in [0, 0.1) is 5.41 Å². The Hall–Kier alpha value is -3.44. The highest BCUT2D eigenvalue weighted by Gasteiger charge is 2.39. The summed E-state index contributed by atoms with van der Waals surface area (Å²) in [6.07, 6.45) is 1.50. The summed E-state index contributed by atoms with van der Waals surface area (Å²) in [6, 6.07) is 14.9. The largest absolute Gasteiger partial charge is 0.490 e. The molecule has 0 spiro atoms. The number of hydrogen-bond acceptors (Lipinski definition) is 8. The second kappa shape index (κ2) is 9.82. The van der Waals surface area contributed by atoms with Gasteiger partial charge in [0, 0.05) is 0 Å². The average Bonchev–Trinajstić information content (AvgIpc) is 3.27. The molecule has 2 aliphatic heterocycles. The number of sulfone groups is 1. The minimum Gasteiger partial charge on any atom is -0.490 e. The van der Waals surface area contributed by atoms with Gasteiger partial charge in [0.05, 0.1) is 17.9 Å². The fraction of sp³-hybridized carbons (Fsp3) is 0.217. The van der Waals surface area contributed by atoms with E-state index in [0.717, 1.165) is 22.3 Å². The number of amidine groups is 2. The van der Waals surface area contributed by atoms with Crippen LogP contribution in [0.4, 0.5) is 0 Å². The quantitative estimate of drug-likeness (QED) is 0.578. The molecule has 0 aromatic heterocycles. The van der Waals surface area contributed by atoms with Gasteiger partial charge in [-0.25, -0.2) is 8.42 Å². The van der Waals surface area contributed by atoms with Gasteiger partial charge in [0.2, 0.25) is 19.4 Å². The highest BCUT2D eigenvalue weighted by atomic mass is 32.3. The van der Waals surface area contributed by atoms with Crippen molar-refractivity contribution in [3.05, 3.63) is 65.2 Å². The molecule has 2 heterocycles. The first-order chi connectivity index (χ1) is 16.3. The number of carbonyl (C=O) groups is 1. The highest BCUT2D eigenvalue weighted by Crippen LogP contribution is 2.33. The first-order valence-corrected chi connectivity index (χ1v) is 13.0. The van der Waals surface area contributed by atoms with Crippen molar-refractivity contribution in [1.29, 1.82) is 5.41 Å². The summed E-state index contributed by atoms with van der Waals surface area (Å²) < 4.78 is 35.8. The fourth-order valence-electron chi connectivity index (χ4n) is 3.13. The summed E-state index contributed by atoms with van der Waals surface area (Å²) >= 11 is 0.769. The lowest BCUT2D eigenvalue weighted by Crippen LogP contribution is -2.35. The molecule has 9 nitrogen and oxygen atoms in total. The normalized spacial score (nSPS) is 16.9. The third kappa shape index (κ3) is 4.90. The molecular weight excluding hydrogens is 476 g/mol. The van der Waals surface area contributed by atoms with Crippen LogP contribution in [0.25, 0.3) is 6.08 Å². The maximum atomic E-state index is 12.6. The molecule has 0 atom stereocenters. The molecule has 1 amide bonds. The minimum absolute atomic E-state index is 0.0105. The zero-order valence-electron chi connectivity index (χ0n) is 18.5. The van der Waals surface area contributed by atoms with E-state index in [-0.39, 0.29) is 26.7 Å². The Labute approximate surface area is 201 Å². The number of rotatable bonds is 7. The van der Waals surface area contributed by atoms with Gasteiger partial charge < -0.3 is 9.47 Å². The fourth-order valence-corrected chi connectivity index (χ4v) is 5.29. The van der Waals surface area contributed by atoms with Gasteiger partial charge >= 0.3 is 0 Å². The van der Waals surface area contributed by atoms with Crippen LogP contribution >= 0.6 is 11.8 Å². The highest BCUT2D eigenvalue weighted by molar-refractivity contribution is 8.42. The molecule has 1 N–H and O–H groups in total. The van der Waals surface area contributed by atoms with E-state index in [0.29, 0.717) is 30.3 Å². The number of thioether (sulfide) groups is 1. The number of hydrazone groups is 1. The van der Waals surface area contributed by atoms with Crippen molar-refractivity contribution in [2.45, 2.75) is 20.5 Å². The maximum Gasteiger partial charge on any atom is 0.283 e. The SMILES string of the molecule is CCOc1cc(/C=C2/C(=N)N3N=C(S(=O)(=O)CC)SC3=NC2=O)ccc1OCc1ccccc1. The number of fused-ring (bicyclic) bond motifs is 1. The second-order valence-corrected chi connectivity index (χ2v) is 10.6. The van der Waals surface area contributed by atoms with Crippen molar-refractivity contribution < 1.29 is 22.7 Å². The molecule has 0 bridgehead atoms. The molecule has 2 aliphatic rings. The Morgan fingerprint density at radius 1 is 1.09 bits per heavy atom. The van der Waals surface area contributed by atoms with Crippen LogP contribution in [0.15, 0.2) is 64.2 Å². The number of ether oxygens (including phenoxy) is 2. The molecule has 176 valence electrons. The van der Waals surface area contributed by atoms with Gasteiger partial charge in [0.15, 0.2) is 17.3 Å². The van der Waals surface area contributed by atoms with E-state index >= 15 is 0 Å². The van der Waals surface area contributed by atoms with Gasteiger partial charge in [-0.3, -0.25) is 10.2 Å². The standard InChI is InChI=1S/C23H22N4O5S2/c1-3-31-19-13-16(10-11-18(19)32-14-15-8-6-5-7-9-15)12-17-20(24)27-22(25-21(17)28)33-23(26-27)34(29,30)4-2/h5-13,24H,3-4,14H2,1-2H3/b17-12-,24-20?. The smallest absolute Gasteiger partial charge is 0.283 e. The lowest BCUT2D eigenvalue weighted by molar-refractivity contribution is -0.114. The van der Waals surface area contributed by atoms with Gasteiger partial charge in [0.25, 0.3) is 5.91 Å². The zero-order valence-corrected chi connectivity index (χ0v) is 20.1. The first kappa shape index (κ1) is 23.7. The summed E-state index contributed by atoms with van der Waals surface area (Å²) in [4.78, 5) is 16.6. The minimum atomic E-state index is -3.58. The van der Waals surface area contributed by atoms with Crippen LogP contribution in [0.1, 0.15) is 25.0 Å². The predicted molar refractivity (Wildman–Crippen MR) is 133 cm³/mol. The summed E-state index contributed by atoms with van der Waals surface area (Å²) in [7, 11) is -3.58. The third-order valence-corrected chi connectivity index (χ3v) is 7.99. The number of aliphatic imine (C=N–C) groups is 1. The number of amides is 1. The lowest BCUT2D eigenvalue weighted by Gasteiger charge is -2.20. The van der Waals surface area contributed by atoms with Crippen molar-refractivity contribution in [3.8, 4) is 11.5 Å². The van der Waals surface area contributed by atoms with E-state index in [1.54, 1.807) is 18.2 Å². The third-order valence-electron chi connectivity index (χ3n) is 4.90. The van der Waals surface area contributed by atoms with Crippen molar-refractivity contribution in [3.63, 3.8) is 0 Å². The number of carbonyl (C=O) groups excluding carboxylic acids is 1. The van der Waals surface area contributed by atoms with Crippen LogP contribution in [0.5, 0.6) is 11.5 Å². The molecule has 34 heavy (non-hydrogen) atoms. The Balaban J connectivity index is 1.60. The maximum absolute atomic E-state index is 12.6. The van der Waals surface area contributed by atoms with Crippen LogP contribution in [-0.4, -0.2) is 47.1 Å². The van der Waals surface area contributed by atoms with Gasteiger partial charge in [-0.1, -0.05) is 43.3 Å². The summed E-state index contributed by atoms with van der Waals surface area (Å²) in [5, 5.41) is 13.6. The van der Waals surface area contributed by atoms with Crippen molar-refractivity contribution in [1.82, 2.24) is 5.01 Å². The molecule has 4 rings (SSSR count). The number of nitrogens with zero attached hydrogens (tertiary/aromatic N) is 3. The topological polar surface area (TPSA) is 121 Å². The van der Waals surface area contributed by atoms with E-state index in [2.05, 4.69) is 10.1 Å². The van der Waals surface area contributed by atoms with Crippen LogP contribution in [0.2, 0.25) is 0 Å². The predicted octanol–water partition coefficient (Wildman–Crippen LogP) is 3.68. The molecular formula is C23H22N4O5S2. The monoisotopic (exact) mass is 498 g/mol. The van der Waals surface area contributed by atoms with Gasteiger partial charge in [-0.15, -0.1) is 5.10 Å². The number of benzene rings is 2. The van der Waals surface area contributed by atoms with Gasteiger partial charge in [-0.05, 0) is 48.0 Å². The average molecular weight is 499 g/mol. The molecule has 0 saturated heterocycles. The van der Waals surface area contributed by atoms with Crippen molar-refractivity contribution in [2.75, 3.05) is 12.4 Å². The second-order valence-electron chi connectivity index (χ2n) is 7.20. The summed E-state index contributed by atoms with van der Waals surface area (Å²) in [6.45, 7) is 4.14. The van der Waals surface area contributed by atoms with Crippen LogP contribution in [-0.2, 0) is 21.2 Å². The summed E-state index contributed by atoms with van der Waals surface area (Å²) in [5.41, 5.74) is 1.60. The molecule has 0 fully saturated rings. The molecule has 0 radical (unpaired) electrons. The molecule has 0 saturated carbocycles. The van der Waals surface area contributed by atoms with E-state index < -0.39 is 15.7 Å². The Morgan fingerprint density at radius 3 is 2.56 bits per heavy atom. The number of hydrogen-bond donors (Lipinski definition) is 1.